The smallest absolute Gasteiger partial charge is 0.223 e. The molecule has 1 amide bonds. The van der Waals surface area contributed by atoms with Crippen LogP contribution >= 0.6 is 0 Å². The Bertz CT molecular complexity index is 830. The minimum Gasteiger partial charge on any atom is -0.497 e. The number of hydrogen-bond donors (Lipinski definition) is 0. The number of carbonyl (C=O) groups is 2. The minimum atomic E-state index is 0.0435. The van der Waals surface area contributed by atoms with Crippen LogP contribution in [0.2, 0.25) is 0 Å². The van der Waals surface area contributed by atoms with Crippen molar-refractivity contribution in [2.75, 3.05) is 33.3 Å². The molecule has 0 unspecified atom stereocenters. The predicted molar refractivity (Wildman–Crippen MR) is 119 cm³/mol. The van der Waals surface area contributed by atoms with Crippen molar-refractivity contribution < 1.29 is 14.3 Å². The summed E-state index contributed by atoms with van der Waals surface area (Å²) in [6.45, 7) is 6.27. The second kappa shape index (κ2) is 10.9. The summed E-state index contributed by atoms with van der Waals surface area (Å²) in [5.41, 5.74) is 3.16. The predicted octanol–water partition coefficient (Wildman–Crippen LogP) is 3.96. The molecule has 2 aromatic rings. The van der Waals surface area contributed by atoms with Crippen molar-refractivity contribution in [2.45, 2.75) is 39.2 Å². The van der Waals surface area contributed by atoms with E-state index in [0.717, 1.165) is 44.8 Å². The highest BCUT2D eigenvalue weighted by Gasteiger charge is 2.20. The monoisotopic (exact) mass is 408 g/mol. The standard InChI is InChI=1S/C25H32N2O3/c1-3-20-5-9-22(10-6-20)24(28)13-14-25(29)27-16-4-15-26(17-18-27)19-21-7-11-23(30-2)12-8-21/h5-12H,3-4,13-19H2,1-2H3. The summed E-state index contributed by atoms with van der Waals surface area (Å²) in [5.74, 6) is 0.990. The van der Waals surface area contributed by atoms with Crippen LogP contribution in [0.1, 0.15) is 47.7 Å². The first-order valence-corrected chi connectivity index (χ1v) is 10.8. The van der Waals surface area contributed by atoms with E-state index in [0.29, 0.717) is 12.1 Å². The lowest BCUT2D eigenvalue weighted by Gasteiger charge is -2.22. The Labute approximate surface area is 179 Å². The van der Waals surface area contributed by atoms with E-state index in [4.69, 9.17) is 4.74 Å². The molecule has 1 aliphatic rings. The molecule has 0 saturated carbocycles. The molecule has 0 bridgehead atoms. The van der Waals surface area contributed by atoms with Crippen molar-refractivity contribution in [3.05, 3.63) is 65.2 Å². The van der Waals surface area contributed by atoms with Crippen LogP contribution < -0.4 is 4.74 Å². The van der Waals surface area contributed by atoms with Crippen LogP contribution in [0.4, 0.5) is 0 Å². The molecule has 0 N–H and O–H groups in total. The zero-order valence-corrected chi connectivity index (χ0v) is 18.1. The summed E-state index contributed by atoms with van der Waals surface area (Å²) in [6, 6.07) is 15.9. The highest BCUT2D eigenvalue weighted by Crippen LogP contribution is 2.15. The van der Waals surface area contributed by atoms with Gasteiger partial charge in [0.25, 0.3) is 0 Å². The number of Topliss-reactive ketones (excluding diaryl/α,β-unsaturated/α-hetero) is 1. The van der Waals surface area contributed by atoms with E-state index in [2.05, 4.69) is 24.0 Å². The Hall–Kier alpha value is -2.66. The third kappa shape index (κ3) is 6.17. The van der Waals surface area contributed by atoms with Crippen LogP contribution in [-0.4, -0.2) is 54.8 Å². The SMILES string of the molecule is CCc1ccc(C(=O)CCC(=O)N2CCCN(Cc3ccc(OC)cc3)CC2)cc1. The molecule has 5 nitrogen and oxygen atoms in total. The van der Waals surface area contributed by atoms with Gasteiger partial charge in [-0.1, -0.05) is 43.3 Å². The zero-order valence-electron chi connectivity index (χ0n) is 18.1. The molecule has 1 aliphatic heterocycles. The molecule has 0 aromatic heterocycles. The fourth-order valence-electron chi connectivity index (χ4n) is 3.82. The summed E-state index contributed by atoms with van der Waals surface area (Å²) >= 11 is 0. The van der Waals surface area contributed by atoms with Gasteiger partial charge in [0.2, 0.25) is 5.91 Å². The molecule has 160 valence electrons. The Balaban J connectivity index is 1.45. The van der Waals surface area contributed by atoms with E-state index >= 15 is 0 Å². The molecule has 0 spiro atoms. The van der Waals surface area contributed by atoms with Gasteiger partial charge in [-0.2, -0.15) is 0 Å². The van der Waals surface area contributed by atoms with E-state index in [-0.39, 0.29) is 24.5 Å². The van der Waals surface area contributed by atoms with Crippen molar-refractivity contribution in [1.29, 1.82) is 0 Å². The van der Waals surface area contributed by atoms with E-state index in [1.165, 1.54) is 11.1 Å². The van der Waals surface area contributed by atoms with Crippen LogP contribution in [0.3, 0.4) is 0 Å². The Kier molecular flexibility index (Phi) is 8.03. The van der Waals surface area contributed by atoms with E-state index in [9.17, 15) is 9.59 Å². The topological polar surface area (TPSA) is 49.9 Å². The molecule has 0 aliphatic carbocycles. The van der Waals surface area contributed by atoms with Gasteiger partial charge < -0.3 is 9.64 Å². The maximum absolute atomic E-state index is 12.7. The number of carbonyl (C=O) groups excluding carboxylic acids is 2. The fourth-order valence-corrected chi connectivity index (χ4v) is 3.82. The number of nitrogens with zero attached hydrogens (tertiary/aromatic N) is 2. The van der Waals surface area contributed by atoms with Gasteiger partial charge in [0.15, 0.2) is 5.78 Å². The van der Waals surface area contributed by atoms with Gasteiger partial charge in [-0.25, -0.2) is 0 Å². The van der Waals surface area contributed by atoms with Crippen LogP contribution in [0, 0.1) is 0 Å². The number of rotatable bonds is 8. The number of benzene rings is 2. The lowest BCUT2D eigenvalue weighted by molar-refractivity contribution is -0.131. The fraction of sp³-hybridized carbons (Fsp3) is 0.440. The van der Waals surface area contributed by atoms with Gasteiger partial charge >= 0.3 is 0 Å². The first kappa shape index (κ1) is 22.0. The molecule has 1 heterocycles. The van der Waals surface area contributed by atoms with Crippen LogP contribution in [0.15, 0.2) is 48.5 Å². The Morgan fingerprint density at radius 1 is 0.867 bits per heavy atom. The highest BCUT2D eigenvalue weighted by atomic mass is 16.5. The minimum absolute atomic E-state index is 0.0435. The second-order valence-corrected chi connectivity index (χ2v) is 7.83. The Morgan fingerprint density at radius 3 is 2.23 bits per heavy atom. The second-order valence-electron chi connectivity index (χ2n) is 7.83. The van der Waals surface area contributed by atoms with Gasteiger partial charge in [0, 0.05) is 51.1 Å². The summed E-state index contributed by atoms with van der Waals surface area (Å²) in [5, 5.41) is 0. The number of ether oxygens (including phenoxy) is 1. The van der Waals surface area contributed by atoms with Crippen LogP contribution in [0.25, 0.3) is 0 Å². The molecular formula is C25H32N2O3. The quantitative estimate of drug-likeness (QED) is 0.621. The molecule has 5 heteroatoms. The van der Waals surface area contributed by atoms with Crippen molar-refractivity contribution in [3.63, 3.8) is 0 Å². The van der Waals surface area contributed by atoms with Crippen molar-refractivity contribution in [3.8, 4) is 5.75 Å². The third-order valence-corrected chi connectivity index (χ3v) is 5.76. The molecular weight excluding hydrogens is 376 g/mol. The normalized spacial score (nSPS) is 14.9. The van der Waals surface area contributed by atoms with Crippen LogP contribution in [-0.2, 0) is 17.8 Å². The molecule has 30 heavy (non-hydrogen) atoms. The molecule has 2 aromatic carbocycles. The average molecular weight is 409 g/mol. The van der Waals surface area contributed by atoms with Gasteiger partial charge in [-0.3, -0.25) is 14.5 Å². The van der Waals surface area contributed by atoms with Crippen molar-refractivity contribution in [1.82, 2.24) is 9.80 Å². The van der Waals surface area contributed by atoms with E-state index in [1.54, 1.807) is 7.11 Å². The van der Waals surface area contributed by atoms with Gasteiger partial charge in [-0.05, 0) is 36.1 Å². The lowest BCUT2D eigenvalue weighted by Crippen LogP contribution is -2.35. The number of methoxy groups -OCH3 is 1. The van der Waals surface area contributed by atoms with Gasteiger partial charge in [0.1, 0.15) is 5.75 Å². The largest absolute Gasteiger partial charge is 0.497 e. The first-order chi connectivity index (χ1) is 14.6. The van der Waals surface area contributed by atoms with Crippen LogP contribution in [0.5, 0.6) is 5.75 Å². The highest BCUT2D eigenvalue weighted by molar-refractivity contribution is 5.98. The molecule has 3 rings (SSSR count). The number of amides is 1. The van der Waals surface area contributed by atoms with Gasteiger partial charge in [0.05, 0.1) is 7.11 Å². The zero-order chi connectivity index (χ0) is 21.3. The summed E-state index contributed by atoms with van der Waals surface area (Å²) in [7, 11) is 1.67. The molecule has 0 atom stereocenters. The number of ketones is 1. The maximum atomic E-state index is 12.7. The molecule has 1 saturated heterocycles. The third-order valence-electron chi connectivity index (χ3n) is 5.76. The van der Waals surface area contributed by atoms with Crippen molar-refractivity contribution in [2.24, 2.45) is 0 Å². The summed E-state index contributed by atoms with van der Waals surface area (Å²) in [4.78, 5) is 29.4. The van der Waals surface area contributed by atoms with Gasteiger partial charge in [-0.15, -0.1) is 0 Å². The maximum Gasteiger partial charge on any atom is 0.223 e. The first-order valence-electron chi connectivity index (χ1n) is 10.8. The van der Waals surface area contributed by atoms with E-state index in [1.807, 2.05) is 41.3 Å². The average Bonchev–Trinajstić information content (AvgIpc) is 3.03. The molecule has 0 radical (unpaired) electrons. The molecule has 1 fully saturated rings. The lowest BCUT2D eigenvalue weighted by atomic mass is 10.0. The Morgan fingerprint density at radius 2 is 1.57 bits per heavy atom. The number of aryl methyl sites for hydroxylation is 1. The van der Waals surface area contributed by atoms with Crippen molar-refractivity contribution >= 4 is 11.7 Å². The summed E-state index contributed by atoms with van der Waals surface area (Å²) in [6.07, 6.45) is 2.47. The van der Waals surface area contributed by atoms with E-state index < -0.39 is 0 Å². The summed E-state index contributed by atoms with van der Waals surface area (Å²) < 4.78 is 5.22. The number of hydrogen-bond acceptors (Lipinski definition) is 4.